The summed E-state index contributed by atoms with van der Waals surface area (Å²) in [5, 5.41) is 79.2. The van der Waals surface area contributed by atoms with Crippen molar-refractivity contribution in [3.8, 4) is 12.4 Å². The molecule has 6 aromatic heterocycles. The first-order valence-electron chi connectivity index (χ1n) is 28.6. The van der Waals surface area contributed by atoms with Gasteiger partial charge in [-0.05, 0) is 60.5 Å². The molecule has 0 spiro atoms. The molecule has 9 rings (SSSR count). The van der Waals surface area contributed by atoms with Gasteiger partial charge in [0.15, 0.2) is 34.2 Å². The number of thioether (sulfide) groups is 1. The predicted molar refractivity (Wildman–Crippen MR) is 386 cm³/mol. The molecule has 0 unspecified atom stereocenters. The summed E-state index contributed by atoms with van der Waals surface area (Å²) in [6, 6.07) is 14.2. The highest BCUT2D eigenvalue weighted by atomic mass is 35.5. The minimum Gasteiger partial charge on any atom is -0.358 e. The standard InChI is InChI=1S/C10H9ClN4S.C10H11ClN4.C9H13ClN6O2S.C9H12ClN5O2.C8H10ClN5O3S.C8H10ClN5O2/c11-9-2-1-8(5-13-9)6-15-3-4-16-10(15)14-7-12;1-8(14-7-12)15(2)6-9-3-4-10(11)13-5-9;1-13-5-14(2)9(12-16(17)18)15(6-13)4-7-3-11-8(10)19-7;1-11-9(13-15(16)17)14(2)6-7-3-4-8(10)12-5-7;1-12-4-17-5-13(8(12)11-14(15)16)3-6-2-10-7(9)18-6;1-10-8(13-14(15)16)12-5-6-2-3-7(9)11-4-6/h1-2,5H,3-4,6H2;3-5H,6H2,1-2H3;3H,4-6H2,1-2H3;3-5H,6H2,1-2H3,(H,11,13);2H,3-5H2,1H3;2-4H,5H2,1H3,(H2,10,12,13)/b;;12-9+;;11-8+;. The van der Waals surface area contributed by atoms with E-state index in [1.165, 1.54) is 29.7 Å². The number of nitrogens with one attached hydrogen (secondary N) is 3. The Kier molecular flexibility index (Phi) is 37.0. The third-order valence-corrected chi connectivity index (χ3v) is 16.6. The summed E-state index contributed by atoms with van der Waals surface area (Å²) in [5.74, 6) is 2.50. The third-order valence-electron chi connectivity index (χ3n) is 12.5. The van der Waals surface area contributed by atoms with Gasteiger partial charge >= 0.3 is 0 Å². The fraction of sp³-hybridized carbons (Fsp3) is 0.370. The molecule has 0 radical (unpaired) electrons. The molecule has 3 saturated heterocycles. The lowest BCUT2D eigenvalue weighted by atomic mass is 10.3. The van der Waals surface area contributed by atoms with Crippen LogP contribution in [0.1, 0.15) is 38.9 Å². The van der Waals surface area contributed by atoms with Crippen molar-refractivity contribution in [1.82, 2.24) is 85.1 Å². The van der Waals surface area contributed by atoms with Crippen LogP contribution in [0.2, 0.25) is 29.5 Å². The second-order valence-electron chi connectivity index (χ2n) is 20.2. The van der Waals surface area contributed by atoms with Crippen LogP contribution in [0.15, 0.2) is 116 Å². The van der Waals surface area contributed by atoms with Gasteiger partial charge in [-0.3, -0.25) is 4.90 Å². The third kappa shape index (κ3) is 32.6. The average molecular weight is 1570 g/mol. The number of nitro groups is 4. The van der Waals surface area contributed by atoms with Gasteiger partial charge in [-0.2, -0.15) is 15.5 Å². The predicted octanol–water partition coefficient (Wildman–Crippen LogP) is 7.67. The van der Waals surface area contributed by atoms with E-state index >= 15 is 0 Å². The summed E-state index contributed by atoms with van der Waals surface area (Å²) in [6.07, 6.45) is 13.5. The number of pyridine rings is 4. The van der Waals surface area contributed by atoms with Crippen LogP contribution in [0.25, 0.3) is 0 Å². The van der Waals surface area contributed by atoms with E-state index in [1.54, 1.807) is 146 Å². The van der Waals surface area contributed by atoms with Crippen molar-refractivity contribution in [3.63, 3.8) is 0 Å². The Balaban J connectivity index is 0.000000257. The number of aliphatic imine (C=N–C) groups is 2. The number of nitriles is 2. The van der Waals surface area contributed by atoms with Gasteiger partial charge < -0.3 is 55.0 Å². The van der Waals surface area contributed by atoms with Gasteiger partial charge in [-0.15, -0.1) is 27.7 Å². The van der Waals surface area contributed by atoms with Crippen LogP contribution in [0.5, 0.6) is 0 Å². The summed E-state index contributed by atoms with van der Waals surface area (Å²) in [4.78, 5) is 88.8. The van der Waals surface area contributed by atoms with Gasteiger partial charge in [-0.1, -0.05) is 106 Å². The number of guanidine groups is 4. The van der Waals surface area contributed by atoms with Crippen molar-refractivity contribution in [3.05, 3.63) is 188 Å². The zero-order chi connectivity index (χ0) is 74.6. The number of halogens is 6. The molecule has 9 heterocycles. The number of amidine groups is 2. The van der Waals surface area contributed by atoms with Crippen LogP contribution in [-0.2, 0) is 44.0 Å². The topological polar surface area (TPSA) is 443 Å². The van der Waals surface area contributed by atoms with Crippen molar-refractivity contribution >= 4 is 139 Å². The number of aromatic nitrogens is 6. The smallest absolute Gasteiger partial charge is 0.277 e. The first-order chi connectivity index (χ1) is 48.1. The minimum absolute atomic E-state index is 0.0833. The first kappa shape index (κ1) is 83.9. The number of hydrogen-bond donors (Lipinski definition) is 3. The number of thiazole rings is 2. The van der Waals surface area contributed by atoms with Crippen LogP contribution in [0, 0.1) is 63.4 Å². The number of ether oxygens (including phenoxy) is 1. The molecule has 38 nitrogen and oxygen atoms in total. The number of nitrogens with zero attached hydrogens (tertiary/aromatic N) is 26. The molecule has 3 aliphatic heterocycles. The monoisotopic (exact) mass is 1570 g/mol. The molecule has 0 bridgehead atoms. The summed E-state index contributed by atoms with van der Waals surface area (Å²) in [7, 11) is 12.0. The Bertz CT molecular complexity index is 3930. The zero-order valence-electron chi connectivity index (χ0n) is 54.9. The molecule has 0 saturated carbocycles. The van der Waals surface area contributed by atoms with E-state index in [9.17, 15) is 40.5 Å². The maximum atomic E-state index is 10.6. The van der Waals surface area contributed by atoms with E-state index in [1.807, 2.05) is 47.1 Å². The van der Waals surface area contributed by atoms with Crippen molar-refractivity contribution in [2.24, 2.45) is 30.4 Å². The average Bonchev–Trinajstić information content (AvgIpc) is 1.74. The summed E-state index contributed by atoms with van der Waals surface area (Å²) < 4.78 is 6.18. The van der Waals surface area contributed by atoms with E-state index in [-0.39, 0.29) is 31.3 Å². The number of rotatable bonds is 16. The minimum atomic E-state index is -0.779. The molecule has 3 N–H and O–H groups in total. The fourth-order valence-corrected chi connectivity index (χ4v) is 11.5. The van der Waals surface area contributed by atoms with Gasteiger partial charge in [0, 0.05) is 128 Å². The lowest BCUT2D eigenvalue weighted by molar-refractivity contribution is -0.486. The summed E-state index contributed by atoms with van der Waals surface area (Å²) in [5.41, 5.74) is 3.81. The Labute approximate surface area is 620 Å². The molecule has 101 heavy (non-hydrogen) atoms. The van der Waals surface area contributed by atoms with Crippen LogP contribution >= 0.6 is 104 Å². The molecule has 0 aliphatic carbocycles. The molecule has 6 aromatic rings. The van der Waals surface area contributed by atoms with Crippen LogP contribution in [0.3, 0.4) is 0 Å². The van der Waals surface area contributed by atoms with Crippen molar-refractivity contribution in [2.45, 2.75) is 46.2 Å². The Hall–Kier alpha value is -9.53. The Morgan fingerprint density at radius 3 is 1.54 bits per heavy atom. The highest BCUT2D eigenvalue weighted by Gasteiger charge is 2.29. The van der Waals surface area contributed by atoms with E-state index in [4.69, 9.17) is 84.9 Å². The van der Waals surface area contributed by atoms with E-state index in [0.717, 1.165) is 56.0 Å². The largest absolute Gasteiger partial charge is 0.358 e. The lowest BCUT2D eigenvalue weighted by Crippen LogP contribution is -2.55. The second-order valence-corrected chi connectivity index (χ2v) is 26.2. The summed E-state index contributed by atoms with van der Waals surface area (Å²) >= 11 is 38.4. The maximum Gasteiger partial charge on any atom is 0.277 e. The van der Waals surface area contributed by atoms with Crippen LogP contribution in [-0.4, -0.2) is 213 Å². The SMILES string of the molecule is CC(=NC#N)N(C)Cc1ccc(Cl)nc1.CN/C(=N\[N+](=O)[O-])N(C)Cc1ccc(Cl)nc1.CN/C(=N\[N+](=O)[O-])NCc1ccc(Cl)nc1.CN1CN(C)/C(=N\[N+](=O)[O-])N(Cc2cnc(Cl)s2)C1.CN1COCN(Cc2cnc(Cl)s2)/C1=N/[N+](=O)[O-].N#CN=C1SCCN1Cc1ccc(Cl)nc1. The molecule has 0 amide bonds. The van der Waals surface area contributed by atoms with Crippen LogP contribution < -0.4 is 16.0 Å². The summed E-state index contributed by atoms with van der Waals surface area (Å²) in [6.45, 7) is 7.46. The van der Waals surface area contributed by atoms with E-state index in [0.29, 0.717) is 87.4 Å². The van der Waals surface area contributed by atoms with Gasteiger partial charge in [0.1, 0.15) is 60.3 Å². The lowest BCUT2D eigenvalue weighted by Gasteiger charge is -2.39. The Morgan fingerprint density at radius 2 is 1.10 bits per heavy atom. The number of hydrazone groups is 4. The van der Waals surface area contributed by atoms with Crippen molar-refractivity contribution < 1.29 is 24.9 Å². The van der Waals surface area contributed by atoms with Crippen molar-refractivity contribution in [1.29, 1.82) is 10.5 Å². The molecule has 0 atom stereocenters. The first-order valence-corrected chi connectivity index (χ1v) is 33.5. The van der Waals surface area contributed by atoms with Gasteiger partial charge in [0.05, 0.1) is 26.4 Å². The van der Waals surface area contributed by atoms with E-state index < -0.39 is 20.1 Å². The molecule has 0 aromatic carbocycles. The normalized spacial score (nSPS) is 15.0. The van der Waals surface area contributed by atoms with Crippen molar-refractivity contribution in [2.75, 3.05) is 88.4 Å². The molecule has 540 valence electrons. The van der Waals surface area contributed by atoms with Crippen LogP contribution in [0.4, 0.5) is 0 Å². The van der Waals surface area contributed by atoms with E-state index in [2.05, 4.69) is 81.1 Å². The van der Waals surface area contributed by atoms with Gasteiger partial charge in [-0.25, -0.2) is 70.4 Å². The molecular formula is C54H65Cl6N29O9S3. The quantitative estimate of drug-likeness (QED) is 0.0209. The highest BCUT2D eigenvalue weighted by Crippen LogP contribution is 2.24. The highest BCUT2D eigenvalue weighted by molar-refractivity contribution is 8.14. The van der Waals surface area contributed by atoms with Gasteiger partial charge in [0.25, 0.3) is 23.8 Å². The number of hydrogen-bond acceptors (Lipinski definition) is 23. The Morgan fingerprint density at radius 1 is 0.604 bits per heavy atom. The molecule has 3 fully saturated rings. The second kappa shape index (κ2) is 44.6. The zero-order valence-corrected chi connectivity index (χ0v) is 61.8. The maximum absolute atomic E-state index is 10.6. The van der Waals surface area contributed by atoms with Gasteiger partial charge in [0.2, 0.25) is 12.4 Å². The molecule has 3 aliphatic rings. The fourth-order valence-electron chi connectivity index (χ4n) is 8.15. The molecule has 47 heteroatoms. The molecular weight excluding hydrogens is 1510 g/mol.